The zero-order valence-corrected chi connectivity index (χ0v) is 20.0. The van der Waals surface area contributed by atoms with E-state index in [0.29, 0.717) is 28.3 Å². The lowest BCUT2D eigenvalue weighted by molar-refractivity contribution is 0.484. The van der Waals surface area contributed by atoms with Gasteiger partial charge < -0.3 is 10.1 Å². The second kappa shape index (κ2) is 8.19. The maximum Gasteiger partial charge on any atom is 0.180 e. The van der Waals surface area contributed by atoms with Gasteiger partial charge in [0, 0.05) is 37.0 Å². The molecule has 2 aromatic carbocycles. The van der Waals surface area contributed by atoms with Crippen LogP contribution >= 0.6 is 0 Å². The summed E-state index contributed by atoms with van der Waals surface area (Å²) in [7, 11) is -5.20. The monoisotopic (exact) mass is 489 g/mol. The number of anilines is 2. The second-order valence-electron chi connectivity index (χ2n) is 7.86. The SMILES string of the molecule is CC(C)S(=O)(=O)c1cc(Oc2ccc(S(C)(=O)=O)cc2)c2[nH]nc(Nc3ccn(C)n3)c2c1. The lowest BCUT2D eigenvalue weighted by Gasteiger charge is -2.12. The first kappa shape index (κ1) is 22.8. The van der Waals surface area contributed by atoms with Gasteiger partial charge in [0.05, 0.1) is 15.0 Å². The van der Waals surface area contributed by atoms with Gasteiger partial charge in [0.1, 0.15) is 11.3 Å². The van der Waals surface area contributed by atoms with Gasteiger partial charge in [0.2, 0.25) is 0 Å². The molecule has 2 N–H and O–H groups in total. The molecule has 2 aromatic heterocycles. The van der Waals surface area contributed by atoms with Gasteiger partial charge in [0.15, 0.2) is 37.1 Å². The maximum absolute atomic E-state index is 12.9. The third kappa shape index (κ3) is 4.57. The molecule has 0 amide bonds. The molecule has 0 radical (unpaired) electrons. The number of fused-ring (bicyclic) bond motifs is 1. The van der Waals surface area contributed by atoms with Crippen LogP contribution in [0.15, 0.2) is 58.5 Å². The van der Waals surface area contributed by atoms with Gasteiger partial charge in [-0.15, -0.1) is 0 Å². The molecule has 12 heteroatoms. The molecule has 0 aliphatic carbocycles. The Morgan fingerprint density at radius 1 is 1.03 bits per heavy atom. The Morgan fingerprint density at radius 2 is 1.73 bits per heavy atom. The summed E-state index contributed by atoms with van der Waals surface area (Å²) in [6, 6.07) is 10.6. The van der Waals surface area contributed by atoms with E-state index in [-0.39, 0.29) is 15.5 Å². The number of rotatable bonds is 7. The molecule has 0 fully saturated rings. The largest absolute Gasteiger partial charge is 0.455 e. The summed E-state index contributed by atoms with van der Waals surface area (Å²) >= 11 is 0. The molecule has 0 aliphatic rings. The first-order valence-corrected chi connectivity index (χ1v) is 13.4. The smallest absolute Gasteiger partial charge is 0.180 e. The average molecular weight is 490 g/mol. The highest BCUT2D eigenvalue weighted by Gasteiger charge is 2.24. The van der Waals surface area contributed by atoms with Crippen molar-refractivity contribution in [3.63, 3.8) is 0 Å². The number of H-pyrrole nitrogens is 1. The molecule has 4 rings (SSSR count). The third-order valence-corrected chi connectivity index (χ3v) is 8.26. The zero-order valence-electron chi connectivity index (χ0n) is 18.4. The van der Waals surface area contributed by atoms with E-state index in [2.05, 4.69) is 20.6 Å². The normalized spacial score (nSPS) is 12.4. The fourth-order valence-electron chi connectivity index (χ4n) is 3.16. The van der Waals surface area contributed by atoms with E-state index in [9.17, 15) is 16.8 Å². The Kier molecular flexibility index (Phi) is 5.66. The number of aryl methyl sites for hydroxylation is 1. The Labute approximate surface area is 191 Å². The van der Waals surface area contributed by atoms with E-state index < -0.39 is 24.9 Å². The van der Waals surface area contributed by atoms with Gasteiger partial charge in [-0.25, -0.2) is 16.8 Å². The molecule has 0 aliphatic heterocycles. The van der Waals surface area contributed by atoms with Gasteiger partial charge in [-0.3, -0.25) is 9.78 Å². The van der Waals surface area contributed by atoms with Gasteiger partial charge in [-0.2, -0.15) is 10.2 Å². The summed E-state index contributed by atoms with van der Waals surface area (Å²) < 4.78 is 56.9. The molecular formula is C21H23N5O5S2. The van der Waals surface area contributed by atoms with E-state index in [1.807, 2.05) is 0 Å². The van der Waals surface area contributed by atoms with Crippen LogP contribution in [-0.4, -0.2) is 48.3 Å². The van der Waals surface area contributed by atoms with E-state index >= 15 is 0 Å². The lowest BCUT2D eigenvalue weighted by Crippen LogP contribution is -2.14. The summed E-state index contributed by atoms with van der Waals surface area (Å²) in [6.07, 6.45) is 2.88. The van der Waals surface area contributed by atoms with Crippen molar-refractivity contribution < 1.29 is 21.6 Å². The molecule has 174 valence electrons. The van der Waals surface area contributed by atoms with E-state index in [4.69, 9.17) is 4.74 Å². The van der Waals surface area contributed by atoms with Crippen LogP contribution < -0.4 is 10.1 Å². The van der Waals surface area contributed by atoms with Crippen LogP contribution in [0, 0.1) is 0 Å². The maximum atomic E-state index is 12.9. The Morgan fingerprint density at radius 3 is 2.30 bits per heavy atom. The number of benzene rings is 2. The molecule has 0 saturated heterocycles. The number of ether oxygens (including phenoxy) is 1. The number of aromatic amines is 1. The van der Waals surface area contributed by atoms with E-state index in [1.165, 1.54) is 30.3 Å². The predicted molar refractivity (Wildman–Crippen MR) is 125 cm³/mol. The van der Waals surface area contributed by atoms with Crippen LogP contribution in [0.1, 0.15) is 13.8 Å². The minimum absolute atomic E-state index is 0.0817. The molecule has 0 unspecified atom stereocenters. The number of hydrogen-bond donors (Lipinski definition) is 2. The minimum atomic E-state index is -3.62. The quantitative estimate of drug-likeness (QED) is 0.403. The van der Waals surface area contributed by atoms with Crippen molar-refractivity contribution in [2.75, 3.05) is 11.6 Å². The summed E-state index contributed by atoms with van der Waals surface area (Å²) in [5.74, 6) is 1.51. The van der Waals surface area contributed by atoms with Crippen molar-refractivity contribution in [1.82, 2.24) is 20.0 Å². The summed E-state index contributed by atoms with van der Waals surface area (Å²) in [6.45, 7) is 3.21. The highest BCUT2D eigenvalue weighted by atomic mass is 32.2. The van der Waals surface area contributed by atoms with Crippen molar-refractivity contribution in [3.05, 3.63) is 48.7 Å². The second-order valence-corrected chi connectivity index (χ2v) is 12.4. The molecule has 10 nitrogen and oxygen atoms in total. The summed E-state index contributed by atoms with van der Waals surface area (Å²) in [5, 5.41) is 14.4. The van der Waals surface area contributed by atoms with Crippen LogP contribution in [0.5, 0.6) is 11.5 Å². The summed E-state index contributed by atoms with van der Waals surface area (Å²) in [4.78, 5) is 0.234. The number of nitrogens with zero attached hydrogens (tertiary/aromatic N) is 3. The lowest BCUT2D eigenvalue weighted by atomic mass is 10.2. The minimum Gasteiger partial charge on any atom is -0.455 e. The van der Waals surface area contributed by atoms with Crippen LogP contribution in [-0.2, 0) is 26.7 Å². The molecule has 4 aromatic rings. The Balaban J connectivity index is 1.82. The van der Waals surface area contributed by atoms with Crippen LogP contribution in [0.4, 0.5) is 11.6 Å². The van der Waals surface area contributed by atoms with Gasteiger partial charge >= 0.3 is 0 Å². The number of aromatic nitrogens is 4. The standard InChI is InChI=1S/C21H23N5O5S2/c1-13(2)33(29,30)16-11-17-20(23-24-21(17)22-19-9-10-26(3)25-19)18(12-16)31-14-5-7-15(8-6-14)32(4,27)28/h5-13H,1-4H3,(H2,22,23,24,25). The van der Waals surface area contributed by atoms with Crippen molar-refractivity contribution >= 4 is 42.2 Å². The number of sulfone groups is 2. The van der Waals surface area contributed by atoms with Crippen molar-refractivity contribution in [2.45, 2.75) is 28.9 Å². The molecule has 0 spiro atoms. The number of nitrogens with one attached hydrogen (secondary N) is 2. The average Bonchev–Trinajstić information content (AvgIpc) is 3.34. The van der Waals surface area contributed by atoms with Crippen LogP contribution in [0.3, 0.4) is 0 Å². The first-order valence-electron chi connectivity index (χ1n) is 9.96. The zero-order chi connectivity index (χ0) is 24.0. The van der Waals surface area contributed by atoms with E-state index in [0.717, 1.165) is 6.26 Å². The summed E-state index contributed by atoms with van der Waals surface area (Å²) in [5.41, 5.74) is 0.475. The van der Waals surface area contributed by atoms with Gasteiger partial charge in [0.25, 0.3) is 0 Å². The van der Waals surface area contributed by atoms with Gasteiger partial charge in [-0.05, 0) is 44.2 Å². The third-order valence-electron chi connectivity index (χ3n) is 5.00. The molecule has 33 heavy (non-hydrogen) atoms. The van der Waals surface area contributed by atoms with E-state index in [1.54, 1.807) is 43.9 Å². The molecular weight excluding hydrogens is 466 g/mol. The van der Waals surface area contributed by atoms with Crippen molar-refractivity contribution in [2.24, 2.45) is 7.05 Å². The molecule has 0 bridgehead atoms. The Hall–Kier alpha value is -3.38. The van der Waals surface area contributed by atoms with Crippen LogP contribution in [0.25, 0.3) is 10.9 Å². The number of hydrogen-bond acceptors (Lipinski definition) is 8. The molecule has 2 heterocycles. The fraction of sp³-hybridized carbons (Fsp3) is 0.238. The molecule has 0 atom stereocenters. The van der Waals surface area contributed by atoms with Crippen molar-refractivity contribution in [3.8, 4) is 11.5 Å². The van der Waals surface area contributed by atoms with Gasteiger partial charge in [-0.1, -0.05) is 0 Å². The highest BCUT2D eigenvalue weighted by Crippen LogP contribution is 2.36. The molecule has 0 saturated carbocycles. The fourth-order valence-corrected chi connectivity index (χ4v) is 4.89. The highest BCUT2D eigenvalue weighted by molar-refractivity contribution is 7.92. The topological polar surface area (TPSA) is 136 Å². The Bertz CT molecular complexity index is 1540. The predicted octanol–water partition coefficient (Wildman–Crippen LogP) is 3.42. The van der Waals surface area contributed by atoms with Crippen LogP contribution in [0.2, 0.25) is 0 Å². The van der Waals surface area contributed by atoms with Crippen molar-refractivity contribution in [1.29, 1.82) is 0 Å². The first-order chi connectivity index (χ1) is 15.4.